The number of aromatic nitrogens is 2. The lowest BCUT2D eigenvalue weighted by molar-refractivity contribution is -0.142. The molecular weight excluding hydrogens is 287 g/mol. The molecule has 0 radical (unpaired) electrons. The summed E-state index contributed by atoms with van der Waals surface area (Å²) in [6.45, 7) is -0.00851. The monoisotopic (exact) mass is 303 g/mol. The fraction of sp³-hybridized carbons (Fsp3) is 0.615. The Kier molecular flexibility index (Phi) is 4.64. The van der Waals surface area contributed by atoms with Crippen molar-refractivity contribution in [1.29, 1.82) is 0 Å². The van der Waals surface area contributed by atoms with Gasteiger partial charge in [-0.05, 0) is 25.7 Å². The lowest BCUT2D eigenvalue weighted by atomic mass is 10.1. The van der Waals surface area contributed by atoms with Crippen molar-refractivity contribution in [3.63, 3.8) is 0 Å². The molecule has 1 aliphatic rings. The van der Waals surface area contributed by atoms with E-state index in [4.69, 9.17) is 5.11 Å². The van der Waals surface area contributed by atoms with Crippen LogP contribution in [0.15, 0.2) is 0 Å². The van der Waals surface area contributed by atoms with Crippen molar-refractivity contribution in [3.05, 3.63) is 17.0 Å². The second-order valence-corrected chi connectivity index (χ2v) is 4.95. The van der Waals surface area contributed by atoms with Crippen molar-refractivity contribution >= 4 is 11.9 Å². The Morgan fingerprint density at radius 1 is 1.19 bits per heavy atom. The number of rotatable bonds is 4. The van der Waals surface area contributed by atoms with Gasteiger partial charge in [0.1, 0.15) is 0 Å². The number of carboxylic acids is 1. The molecule has 0 atom stereocenters. The van der Waals surface area contributed by atoms with Gasteiger partial charge in [-0.2, -0.15) is 13.2 Å². The molecule has 0 saturated heterocycles. The maximum absolute atomic E-state index is 13.1. The third-order valence-electron chi connectivity index (χ3n) is 3.32. The highest BCUT2D eigenvalue weighted by Crippen LogP contribution is 2.34. The molecule has 0 unspecified atom stereocenters. The van der Waals surface area contributed by atoms with E-state index in [0.717, 1.165) is 12.8 Å². The molecule has 1 aliphatic carbocycles. The second-order valence-electron chi connectivity index (χ2n) is 4.95. The lowest BCUT2D eigenvalue weighted by Crippen LogP contribution is -2.18. The predicted molar refractivity (Wildman–Crippen MR) is 69.0 cm³/mol. The molecule has 2 rings (SSSR count). The summed E-state index contributed by atoms with van der Waals surface area (Å²) >= 11 is 0. The summed E-state index contributed by atoms with van der Waals surface area (Å²) in [4.78, 5) is 18.1. The molecule has 5 nitrogen and oxygen atoms in total. The molecule has 0 saturated carbocycles. The van der Waals surface area contributed by atoms with Crippen LogP contribution in [0.4, 0.5) is 19.1 Å². The fourth-order valence-corrected chi connectivity index (χ4v) is 2.37. The first-order chi connectivity index (χ1) is 9.88. The van der Waals surface area contributed by atoms with Gasteiger partial charge in [-0.1, -0.05) is 6.42 Å². The van der Waals surface area contributed by atoms with E-state index in [2.05, 4.69) is 15.3 Å². The van der Waals surface area contributed by atoms with Gasteiger partial charge in [-0.25, -0.2) is 9.97 Å². The number of nitrogens with one attached hydrogen (secondary N) is 1. The third-order valence-corrected chi connectivity index (χ3v) is 3.32. The van der Waals surface area contributed by atoms with Crippen LogP contribution in [0.2, 0.25) is 0 Å². The van der Waals surface area contributed by atoms with Crippen LogP contribution in [0.25, 0.3) is 0 Å². The average Bonchev–Trinajstić information content (AvgIpc) is 2.61. The van der Waals surface area contributed by atoms with Crippen molar-refractivity contribution in [2.24, 2.45) is 0 Å². The molecule has 116 valence electrons. The zero-order valence-corrected chi connectivity index (χ0v) is 11.3. The molecule has 21 heavy (non-hydrogen) atoms. The Morgan fingerprint density at radius 3 is 2.57 bits per heavy atom. The highest BCUT2D eigenvalue weighted by atomic mass is 19.4. The van der Waals surface area contributed by atoms with E-state index in [1.165, 1.54) is 0 Å². The van der Waals surface area contributed by atoms with Crippen molar-refractivity contribution in [2.75, 3.05) is 11.9 Å². The van der Waals surface area contributed by atoms with Crippen LogP contribution in [0.3, 0.4) is 0 Å². The van der Waals surface area contributed by atoms with E-state index in [9.17, 15) is 18.0 Å². The number of alkyl halides is 3. The molecule has 0 aromatic carbocycles. The van der Waals surface area contributed by atoms with Crippen LogP contribution in [-0.2, 0) is 23.8 Å². The maximum Gasteiger partial charge on any atom is 0.433 e. The quantitative estimate of drug-likeness (QED) is 0.836. The Bertz CT molecular complexity index is 532. The predicted octanol–water partition coefficient (Wildman–Crippen LogP) is 2.65. The molecule has 0 fully saturated rings. The molecule has 0 amide bonds. The number of carboxylic acid groups (broad SMARTS) is 1. The van der Waals surface area contributed by atoms with Gasteiger partial charge in [-0.3, -0.25) is 4.79 Å². The van der Waals surface area contributed by atoms with Crippen molar-refractivity contribution < 1.29 is 23.1 Å². The van der Waals surface area contributed by atoms with Crippen LogP contribution in [0.1, 0.15) is 42.6 Å². The topological polar surface area (TPSA) is 75.1 Å². The zero-order valence-electron chi connectivity index (χ0n) is 11.3. The van der Waals surface area contributed by atoms with E-state index < -0.39 is 17.8 Å². The standard InChI is InChI=1S/C13H16F3N3O2/c14-13(15,16)11-8-4-2-1-3-5-9(8)18-12(19-11)17-7-6-10(20)21/h1-7H2,(H,20,21)(H,17,18,19). The third kappa shape index (κ3) is 4.05. The fourth-order valence-electron chi connectivity index (χ4n) is 2.37. The SMILES string of the molecule is O=C(O)CCNc1nc2c(c(C(F)(F)F)n1)CCCCC2. The smallest absolute Gasteiger partial charge is 0.433 e. The van der Waals surface area contributed by atoms with Gasteiger partial charge < -0.3 is 10.4 Å². The summed E-state index contributed by atoms with van der Waals surface area (Å²) in [6, 6.07) is 0. The number of nitrogens with zero attached hydrogens (tertiary/aromatic N) is 2. The Hall–Kier alpha value is -1.86. The largest absolute Gasteiger partial charge is 0.481 e. The van der Waals surface area contributed by atoms with E-state index in [1.54, 1.807) is 0 Å². The summed E-state index contributed by atoms with van der Waals surface area (Å²) in [7, 11) is 0. The Morgan fingerprint density at radius 2 is 1.90 bits per heavy atom. The first kappa shape index (κ1) is 15.5. The Balaban J connectivity index is 2.31. The van der Waals surface area contributed by atoms with Crippen LogP contribution >= 0.6 is 0 Å². The van der Waals surface area contributed by atoms with Gasteiger partial charge in [0.25, 0.3) is 0 Å². The van der Waals surface area contributed by atoms with Crippen LogP contribution in [-0.4, -0.2) is 27.6 Å². The molecule has 1 heterocycles. The van der Waals surface area contributed by atoms with Gasteiger partial charge in [0.15, 0.2) is 5.69 Å². The van der Waals surface area contributed by atoms with Crippen molar-refractivity contribution in [3.8, 4) is 0 Å². The lowest BCUT2D eigenvalue weighted by Gasteiger charge is -2.15. The minimum Gasteiger partial charge on any atom is -0.481 e. The highest BCUT2D eigenvalue weighted by Gasteiger charge is 2.37. The molecular formula is C13H16F3N3O2. The number of aryl methyl sites for hydroxylation is 1. The average molecular weight is 303 g/mol. The van der Waals surface area contributed by atoms with Gasteiger partial charge in [0.2, 0.25) is 5.95 Å². The van der Waals surface area contributed by atoms with Crippen LogP contribution < -0.4 is 5.32 Å². The minimum atomic E-state index is -4.53. The number of halogens is 3. The number of anilines is 1. The second kappa shape index (κ2) is 6.28. The van der Waals surface area contributed by atoms with E-state index in [0.29, 0.717) is 25.0 Å². The van der Waals surface area contributed by atoms with Gasteiger partial charge >= 0.3 is 12.1 Å². The molecule has 8 heteroatoms. The molecule has 0 bridgehead atoms. The number of fused-ring (bicyclic) bond motifs is 1. The molecule has 2 N–H and O–H groups in total. The minimum absolute atomic E-state index is 0.00851. The number of carbonyl (C=O) groups is 1. The number of hydrogen-bond acceptors (Lipinski definition) is 4. The summed E-state index contributed by atoms with van der Waals surface area (Å²) in [5.74, 6) is -1.18. The molecule has 0 spiro atoms. The zero-order chi connectivity index (χ0) is 15.5. The number of hydrogen-bond donors (Lipinski definition) is 2. The molecule has 1 aromatic heterocycles. The number of aliphatic carboxylic acids is 1. The molecule has 0 aliphatic heterocycles. The summed E-state index contributed by atoms with van der Waals surface area (Å²) in [5, 5.41) is 11.1. The van der Waals surface area contributed by atoms with Crippen molar-refractivity contribution in [2.45, 2.75) is 44.7 Å². The summed E-state index contributed by atoms with van der Waals surface area (Å²) < 4.78 is 39.4. The van der Waals surface area contributed by atoms with E-state index in [-0.39, 0.29) is 24.5 Å². The van der Waals surface area contributed by atoms with Gasteiger partial charge in [0.05, 0.1) is 6.42 Å². The molecule has 1 aromatic rings. The Labute approximate surface area is 119 Å². The van der Waals surface area contributed by atoms with Gasteiger partial charge in [0, 0.05) is 17.8 Å². The first-order valence-corrected chi connectivity index (χ1v) is 6.80. The summed E-state index contributed by atoms with van der Waals surface area (Å²) in [6.07, 6.45) is -1.53. The normalized spacial score (nSPS) is 15.2. The first-order valence-electron chi connectivity index (χ1n) is 6.80. The highest BCUT2D eigenvalue weighted by molar-refractivity contribution is 5.67. The van der Waals surface area contributed by atoms with Crippen LogP contribution in [0.5, 0.6) is 0 Å². The van der Waals surface area contributed by atoms with Crippen LogP contribution in [0, 0.1) is 0 Å². The van der Waals surface area contributed by atoms with E-state index in [1.807, 2.05) is 0 Å². The summed E-state index contributed by atoms with van der Waals surface area (Å²) in [5.41, 5.74) is -0.288. The maximum atomic E-state index is 13.1. The van der Waals surface area contributed by atoms with Gasteiger partial charge in [-0.15, -0.1) is 0 Å². The van der Waals surface area contributed by atoms with Crippen molar-refractivity contribution in [1.82, 2.24) is 9.97 Å². The van der Waals surface area contributed by atoms with E-state index >= 15 is 0 Å².